The summed E-state index contributed by atoms with van der Waals surface area (Å²) in [5, 5.41) is 4.03. The van der Waals surface area contributed by atoms with Crippen molar-refractivity contribution in [2.24, 2.45) is 0 Å². The van der Waals surface area contributed by atoms with Gasteiger partial charge in [-0.3, -0.25) is 0 Å². The van der Waals surface area contributed by atoms with E-state index in [-0.39, 0.29) is 0 Å². The van der Waals surface area contributed by atoms with Crippen molar-refractivity contribution in [3.63, 3.8) is 0 Å². The molecule has 0 radical (unpaired) electrons. The van der Waals surface area contributed by atoms with Crippen LogP contribution in [0.4, 0.5) is 5.82 Å². The van der Waals surface area contributed by atoms with Gasteiger partial charge in [-0.1, -0.05) is 6.07 Å². The molecule has 0 saturated carbocycles. The minimum atomic E-state index is 0.871. The summed E-state index contributed by atoms with van der Waals surface area (Å²) in [7, 11) is 1.86. The monoisotopic (exact) mass is 255 g/mol. The van der Waals surface area contributed by atoms with Crippen molar-refractivity contribution in [3.8, 4) is 10.6 Å². The molecule has 0 aliphatic rings. The van der Waals surface area contributed by atoms with E-state index in [0.717, 1.165) is 21.9 Å². The van der Waals surface area contributed by atoms with Crippen LogP contribution in [0.25, 0.3) is 20.8 Å². The van der Waals surface area contributed by atoms with E-state index in [1.807, 2.05) is 25.4 Å². The van der Waals surface area contributed by atoms with E-state index in [1.54, 1.807) is 11.3 Å². The largest absolute Gasteiger partial charge is 0.373 e. The second kappa shape index (κ2) is 4.38. The number of benzene rings is 1. The van der Waals surface area contributed by atoms with Gasteiger partial charge >= 0.3 is 0 Å². The second-order valence-electron chi connectivity index (χ2n) is 4.17. The van der Waals surface area contributed by atoms with E-state index >= 15 is 0 Å². The fourth-order valence-electron chi connectivity index (χ4n) is 1.82. The first kappa shape index (κ1) is 11.2. The van der Waals surface area contributed by atoms with E-state index in [2.05, 4.69) is 40.4 Å². The van der Waals surface area contributed by atoms with Gasteiger partial charge in [0, 0.05) is 18.8 Å². The van der Waals surface area contributed by atoms with Gasteiger partial charge in [0.1, 0.15) is 10.8 Å². The lowest BCUT2D eigenvalue weighted by Gasteiger charge is -1.99. The van der Waals surface area contributed by atoms with Crippen LogP contribution in [0.1, 0.15) is 5.56 Å². The summed E-state index contributed by atoms with van der Waals surface area (Å²) in [5.41, 5.74) is 3.38. The van der Waals surface area contributed by atoms with Crippen LogP contribution in [-0.2, 0) is 0 Å². The number of aromatic nitrogens is 2. The van der Waals surface area contributed by atoms with Crippen LogP contribution in [0.2, 0.25) is 0 Å². The summed E-state index contributed by atoms with van der Waals surface area (Å²) >= 11 is 1.71. The number of aryl methyl sites for hydroxylation is 1. The molecule has 0 aliphatic carbocycles. The number of nitrogens with one attached hydrogen (secondary N) is 1. The summed E-state index contributed by atoms with van der Waals surface area (Å²) in [5.74, 6) is 0.871. The molecule has 90 valence electrons. The normalized spacial score (nSPS) is 10.8. The molecule has 2 heterocycles. The van der Waals surface area contributed by atoms with Crippen molar-refractivity contribution in [1.29, 1.82) is 0 Å². The first-order valence-corrected chi connectivity index (χ1v) is 6.59. The van der Waals surface area contributed by atoms with Crippen molar-refractivity contribution < 1.29 is 0 Å². The average molecular weight is 255 g/mol. The minimum absolute atomic E-state index is 0.871. The molecule has 0 saturated heterocycles. The van der Waals surface area contributed by atoms with Crippen molar-refractivity contribution in [1.82, 2.24) is 9.97 Å². The van der Waals surface area contributed by atoms with Crippen LogP contribution in [0.5, 0.6) is 0 Å². The van der Waals surface area contributed by atoms with Gasteiger partial charge in [0.05, 0.1) is 10.2 Å². The summed E-state index contributed by atoms with van der Waals surface area (Å²) in [6.45, 7) is 2.10. The van der Waals surface area contributed by atoms with Gasteiger partial charge in [0.25, 0.3) is 0 Å². The van der Waals surface area contributed by atoms with E-state index in [0.29, 0.717) is 0 Å². The fourth-order valence-corrected chi connectivity index (χ4v) is 2.88. The Labute approximate surface area is 110 Å². The summed E-state index contributed by atoms with van der Waals surface area (Å²) < 4.78 is 1.22. The maximum atomic E-state index is 4.64. The number of rotatable bonds is 2. The number of fused-ring (bicyclic) bond motifs is 1. The Kier molecular flexibility index (Phi) is 2.72. The molecule has 3 nitrogen and oxygen atoms in total. The Morgan fingerprint density at radius 2 is 2.06 bits per heavy atom. The number of hydrogen-bond acceptors (Lipinski definition) is 4. The SMILES string of the molecule is CNc1ccc(-c2nc3ccc(C)cc3s2)cn1. The predicted molar refractivity (Wildman–Crippen MR) is 77.1 cm³/mol. The molecule has 1 N–H and O–H groups in total. The summed E-state index contributed by atoms with van der Waals surface area (Å²) in [6.07, 6.45) is 1.86. The van der Waals surface area contributed by atoms with Crippen LogP contribution in [0.15, 0.2) is 36.5 Å². The van der Waals surface area contributed by atoms with Crippen molar-refractivity contribution in [2.45, 2.75) is 6.92 Å². The van der Waals surface area contributed by atoms with Crippen LogP contribution in [0, 0.1) is 6.92 Å². The molecule has 0 fully saturated rings. The van der Waals surface area contributed by atoms with E-state index < -0.39 is 0 Å². The smallest absolute Gasteiger partial charge is 0.126 e. The Hall–Kier alpha value is -1.94. The molecule has 0 atom stereocenters. The molecule has 18 heavy (non-hydrogen) atoms. The molecular weight excluding hydrogens is 242 g/mol. The zero-order valence-corrected chi connectivity index (χ0v) is 11.1. The van der Waals surface area contributed by atoms with Crippen LogP contribution in [0.3, 0.4) is 0 Å². The topological polar surface area (TPSA) is 37.8 Å². The molecule has 3 aromatic rings. The van der Waals surface area contributed by atoms with Gasteiger partial charge in [0.15, 0.2) is 0 Å². The number of pyridine rings is 1. The molecular formula is C14H13N3S. The third kappa shape index (κ3) is 1.95. The van der Waals surface area contributed by atoms with Crippen LogP contribution < -0.4 is 5.32 Å². The van der Waals surface area contributed by atoms with Gasteiger partial charge in [-0.2, -0.15) is 0 Å². The standard InChI is InChI=1S/C14H13N3S/c1-9-3-5-11-12(7-9)18-14(17-11)10-4-6-13(15-2)16-8-10/h3-8H,1-2H3,(H,15,16). The Balaban J connectivity index is 2.07. The van der Waals surface area contributed by atoms with E-state index in [1.165, 1.54) is 10.3 Å². The van der Waals surface area contributed by atoms with Crippen molar-refractivity contribution in [2.75, 3.05) is 12.4 Å². The van der Waals surface area contributed by atoms with Gasteiger partial charge in [-0.05, 0) is 36.8 Å². The van der Waals surface area contributed by atoms with Gasteiger partial charge in [0.2, 0.25) is 0 Å². The maximum absolute atomic E-state index is 4.64. The average Bonchev–Trinajstić information content (AvgIpc) is 2.81. The molecule has 2 aromatic heterocycles. The Bertz CT molecular complexity index is 686. The van der Waals surface area contributed by atoms with E-state index in [9.17, 15) is 0 Å². The molecule has 0 unspecified atom stereocenters. The lowest BCUT2D eigenvalue weighted by molar-refractivity contribution is 1.28. The predicted octanol–water partition coefficient (Wildman–Crippen LogP) is 3.71. The lowest BCUT2D eigenvalue weighted by atomic mass is 10.2. The highest BCUT2D eigenvalue weighted by atomic mass is 32.1. The lowest BCUT2D eigenvalue weighted by Crippen LogP contribution is -1.90. The van der Waals surface area contributed by atoms with Crippen LogP contribution in [-0.4, -0.2) is 17.0 Å². The summed E-state index contributed by atoms with van der Waals surface area (Å²) in [6, 6.07) is 10.3. The highest BCUT2D eigenvalue weighted by Crippen LogP contribution is 2.30. The highest BCUT2D eigenvalue weighted by molar-refractivity contribution is 7.21. The quantitative estimate of drug-likeness (QED) is 0.758. The molecule has 0 aliphatic heterocycles. The summed E-state index contributed by atoms with van der Waals surface area (Å²) in [4.78, 5) is 8.95. The van der Waals surface area contributed by atoms with Gasteiger partial charge in [-0.25, -0.2) is 9.97 Å². The molecule has 0 bridgehead atoms. The number of anilines is 1. The van der Waals surface area contributed by atoms with Gasteiger partial charge in [-0.15, -0.1) is 11.3 Å². The van der Waals surface area contributed by atoms with Crippen LogP contribution >= 0.6 is 11.3 Å². The number of thiazole rings is 1. The van der Waals surface area contributed by atoms with Crippen molar-refractivity contribution >= 4 is 27.4 Å². The Morgan fingerprint density at radius 3 is 2.78 bits per heavy atom. The fraction of sp³-hybridized carbons (Fsp3) is 0.143. The third-order valence-corrected chi connectivity index (χ3v) is 3.88. The molecule has 0 spiro atoms. The minimum Gasteiger partial charge on any atom is -0.373 e. The zero-order chi connectivity index (χ0) is 12.5. The number of nitrogens with zero attached hydrogens (tertiary/aromatic N) is 2. The van der Waals surface area contributed by atoms with E-state index in [4.69, 9.17) is 0 Å². The molecule has 0 amide bonds. The maximum Gasteiger partial charge on any atom is 0.126 e. The first-order valence-electron chi connectivity index (χ1n) is 5.77. The molecule has 1 aromatic carbocycles. The first-order chi connectivity index (χ1) is 8.76. The number of hydrogen-bond donors (Lipinski definition) is 1. The Morgan fingerprint density at radius 1 is 1.17 bits per heavy atom. The van der Waals surface area contributed by atoms with Gasteiger partial charge < -0.3 is 5.32 Å². The molecule has 3 rings (SSSR count). The zero-order valence-electron chi connectivity index (χ0n) is 10.3. The van der Waals surface area contributed by atoms with Crippen molar-refractivity contribution in [3.05, 3.63) is 42.1 Å². The molecule has 4 heteroatoms. The second-order valence-corrected chi connectivity index (χ2v) is 5.20. The highest BCUT2D eigenvalue weighted by Gasteiger charge is 2.06. The third-order valence-electron chi connectivity index (χ3n) is 2.81.